The Hall–Kier alpha value is -2.84. The lowest BCUT2D eigenvalue weighted by Gasteiger charge is -2.26. The fraction of sp³-hybridized carbons (Fsp3) is 0.316. The van der Waals surface area contributed by atoms with Crippen molar-refractivity contribution in [3.05, 3.63) is 66.3 Å². The molecule has 0 N–H and O–H groups in total. The fourth-order valence-electron chi connectivity index (χ4n) is 2.91. The number of rotatable bonds is 6. The van der Waals surface area contributed by atoms with E-state index in [0.29, 0.717) is 18.1 Å². The van der Waals surface area contributed by atoms with Crippen LogP contribution in [0, 0.1) is 5.82 Å². The van der Waals surface area contributed by atoms with Crippen molar-refractivity contribution in [2.75, 3.05) is 26.3 Å². The lowest BCUT2D eigenvalue weighted by molar-refractivity contribution is 0.0327. The minimum Gasteiger partial charge on any atom is -0.485 e. The Morgan fingerprint density at radius 2 is 2.04 bits per heavy atom. The molecule has 2 aromatic heterocycles. The highest BCUT2D eigenvalue weighted by molar-refractivity contribution is 5.28. The zero-order chi connectivity index (χ0) is 18.5. The van der Waals surface area contributed by atoms with E-state index in [1.165, 1.54) is 12.1 Å². The minimum absolute atomic E-state index is 0.160. The van der Waals surface area contributed by atoms with E-state index in [-0.39, 0.29) is 12.4 Å². The number of benzene rings is 1. The molecule has 8 heteroatoms. The number of hydrogen-bond donors (Lipinski definition) is 0. The zero-order valence-electron chi connectivity index (χ0n) is 14.8. The van der Waals surface area contributed by atoms with Crippen LogP contribution in [0.5, 0.6) is 5.75 Å². The highest BCUT2D eigenvalue weighted by Gasteiger charge is 2.18. The third-order valence-corrected chi connectivity index (χ3v) is 4.24. The first-order valence-corrected chi connectivity index (χ1v) is 8.81. The number of nitrogens with zero attached hydrogens (tertiary/aromatic N) is 5. The van der Waals surface area contributed by atoms with Crippen LogP contribution in [0.1, 0.15) is 11.6 Å². The van der Waals surface area contributed by atoms with Gasteiger partial charge in [0.25, 0.3) is 0 Å². The Morgan fingerprint density at radius 3 is 2.81 bits per heavy atom. The Morgan fingerprint density at radius 1 is 1.15 bits per heavy atom. The Labute approximate surface area is 156 Å². The molecule has 0 aliphatic carbocycles. The van der Waals surface area contributed by atoms with Crippen LogP contribution in [0.2, 0.25) is 0 Å². The van der Waals surface area contributed by atoms with Crippen molar-refractivity contribution in [1.82, 2.24) is 24.6 Å². The van der Waals surface area contributed by atoms with Crippen LogP contribution in [0.25, 0.3) is 5.69 Å². The van der Waals surface area contributed by atoms with Gasteiger partial charge in [-0.15, -0.1) is 5.10 Å². The van der Waals surface area contributed by atoms with Crippen molar-refractivity contribution in [2.24, 2.45) is 0 Å². The molecule has 140 valence electrons. The average Bonchev–Trinajstić information content (AvgIpc) is 3.11. The van der Waals surface area contributed by atoms with E-state index in [2.05, 4.69) is 20.0 Å². The van der Waals surface area contributed by atoms with Crippen LogP contribution in [-0.2, 0) is 17.9 Å². The van der Waals surface area contributed by atoms with E-state index >= 15 is 0 Å². The van der Waals surface area contributed by atoms with Crippen LogP contribution in [-0.4, -0.2) is 51.0 Å². The summed E-state index contributed by atoms with van der Waals surface area (Å²) in [7, 11) is 0. The molecule has 7 nitrogen and oxygen atoms in total. The van der Waals surface area contributed by atoms with E-state index < -0.39 is 0 Å². The molecule has 0 atom stereocenters. The van der Waals surface area contributed by atoms with Crippen molar-refractivity contribution in [2.45, 2.75) is 13.2 Å². The molecule has 3 aromatic rings. The van der Waals surface area contributed by atoms with Gasteiger partial charge in [0.1, 0.15) is 24.0 Å². The normalized spacial score (nSPS) is 15.0. The highest BCUT2D eigenvalue weighted by Crippen LogP contribution is 2.16. The summed E-state index contributed by atoms with van der Waals surface area (Å²) in [5.41, 5.74) is 0.838. The maximum absolute atomic E-state index is 13.3. The van der Waals surface area contributed by atoms with Crippen LogP contribution in [0.4, 0.5) is 4.39 Å². The number of pyridine rings is 1. The summed E-state index contributed by atoms with van der Waals surface area (Å²) in [4.78, 5) is 11.1. The lowest BCUT2D eigenvalue weighted by atomic mass is 10.3. The Balaban J connectivity index is 1.55. The molecule has 0 saturated carbocycles. The summed E-state index contributed by atoms with van der Waals surface area (Å²) in [5, 5.41) is 4.57. The maximum atomic E-state index is 13.3. The van der Waals surface area contributed by atoms with E-state index in [1.807, 2.05) is 12.1 Å². The van der Waals surface area contributed by atoms with Gasteiger partial charge in [0, 0.05) is 25.4 Å². The Kier molecular flexibility index (Phi) is 5.36. The molecule has 0 unspecified atom stereocenters. The predicted octanol–water partition coefficient (Wildman–Crippen LogP) is 2.21. The van der Waals surface area contributed by atoms with Gasteiger partial charge in [-0.05, 0) is 24.3 Å². The second-order valence-electron chi connectivity index (χ2n) is 6.20. The number of ether oxygens (including phenoxy) is 2. The van der Waals surface area contributed by atoms with Crippen LogP contribution in [0.3, 0.4) is 0 Å². The molecule has 0 bridgehead atoms. The van der Waals surface area contributed by atoms with E-state index in [9.17, 15) is 4.39 Å². The average molecular weight is 369 g/mol. The predicted molar refractivity (Wildman–Crippen MR) is 96.0 cm³/mol. The summed E-state index contributed by atoms with van der Waals surface area (Å²) in [6, 6.07) is 9.82. The molecule has 1 fully saturated rings. The quantitative estimate of drug-likeness (QED) is 0.664. The van der Waals surface area contributed by atoms with Crippen LogP contribution in [0.15, 0.2) is 48.8 Å². The first-order chi connectivity index (χ1) is 13.3. The molecule has 0 amide bonds. The summed E-state index contributed by atoms with van der Waals surface area (Å²) < 4.78 is 26.1. The highest BCUT2D eigenvalue weighted by atomic mass is 19.1. The van der Waals surface area contributed by atoms with Gasteiger partial charge in [0.05, 0.1) is 31.6 Å². The second-order valence-corrected chi connectivity index (χ2v) is 6.20. The molecule has 4 rings (SSSR count). The molecule has 27 heavy (non-hydrogen) atoms. The molecule has 0 radical (unpaired) electrons. The molecule has 1 aliphatic rings. The standard InChI is InChI=1S/C19H20FN5O2/c20-15-3-1-5-17(11-15)27-14-18-22-19(13-24-7-9-26-10-8-24)25(23-18)16-4-2-6-21-12-16/h1-6,11-12H,7-10,13-14H2. The summed E-state index contributed by atoms with van der Waals surface area (Å²) in [6.07, 6.45) is 3.46. The van der Waals surface area contributed by atoms with Gasteiger partial charge in [0.15, 0.2) is 5.82 Å². The number of halogens is 1. The van der Waals surface area contributed by atoms with Crippen molar-refractivity contribution >= 4 is 0 Å². The van der Waals surface area contributed by atoms with Gasteiger partial charge in [-0.25, -0.2) is 14.1 Å². The summed E-state index contributed by atoms with van der Waals surface area (Å²) in [5.74, 6) is 1.45. The van der Waals surface area contributed by atoms with Gasteiger partial charge >= 0.3 is 0 Å². The van der Waals surface area contributed by atoms with Crippen LogP contribution < -0.4 is 4.74 Å². The third-order valence-electron chi connectivity index (χ3n) is 4.24. The van der Waals surface area contributed by atoms with E-state index in [1.54, 1.807) is 29.2 Å². The first-order valence-electron chi connectivity index (χ1n) is 8.81. The minimum atomic E-state index is -0.339. The number of morpholine rings is 1. The Bertz CT molecular complexity index is 881. The second kappa shape index (κ2) is 8.24. The number of aromatic nitrogens is 4. The zero-order valence-corrected chi connectivity index (χ0v) is 14.8. The monoisotopic (exact) mass is 369 g/mol. The summed E-state index contributed by atoms with van der Waals surface area (Å²) in [6.45, 7) is 3.97. The number of hydrogen-bond acceptors (Lipinski definition) is 6. The molecular weight excluding hydrogens is 349 g/mol. The van der Waals surface area contributed by atoms with Crippen molar-refractivity contribution in [3.8, 4) is 11.4 Å². The SMILES string of the molecule is Fc1cccc(OCc2nc(CN3CCOCC3)n(-c3cccnc3)n2)c1. The largest absolute Gasteiger partial charge is 0.485 e. The molecule has 1 aromatic carbocycles. The smallest absolute Gasteiger partial charge is 0.188 e. The van der Waals surface area contributed by atoms with Gasteiger partial charge in [-0.3, -0.25) is 9.88 Å². The van der Waals surface area contributed by atoms with E-state index in [0.717, 1.165) is 37.8 Å². The molecular formula is C19H20FN5O2. The molecule has 3 heterocycles. The van der Waals surface area contributed by atoms with Gasteiger partial charge < -0.3 is 9.47 Å². The lowest BCUT2D eigenvalue weighted by Crippen LogP contribution is -2.36. The van der Waals surface area contributed by atoms with Gasteiger partial charge in [0.2, 0.25) is 0 Å². The maximum Gasteiger partial charge on any atom is 0.188 e. The van der Waals surface area contributed by atoms with Crippen molar-refractivity contribution < 1.29 is 13.9 Å². The van der Waals surface area contributed by atoms with Crippen molar-refractivity contribution in [1.29, 1.82) is 0 Å². The third kappa shape index (κ3) is 4.47. The van der Waals surface area contributed by atoms with Crippen LogP contribution >= 0.6 is 0 Å². The molecule has 0 spiro atoms. The first kappa shape index (κ1) is 17.6. The molecule has 1 aliphatic heterocycles. The fourth-order valence-corrected chi connectivity index (χ4v) is 2.91. The van der Waals surface area contributed by atoms with Crippen molar-refractivity contribution in [3.63, 3.8) is 0 Å². The van der Waals surface area contributed by atoms with Gasteiger partial charge in [-0.2, -0.15) is 0 Å². The van der Waals surface area contributed by atoms with Gasteiger partial charge in [-0.1, -0.05) is 6.07 Å². The summed E-state index contributed by atoms with van der Waals surface area (Å²) >= 11 is 0. The topological polar surface area (TPSA) is 65.3 Å². The van der Waals surface area contributed by atoms with E-state index in [4.69, 9.17) is 9.47 Å². The molecule has 1 saturated heterocycles.